The van der Waals surface area contributed by atoms with Crippen LogP contribution < -0.4 is 18.9 Å². The van der Waals surface area contributed by atoms with Gasteiger partial charge in [0, 0.05) is 10.5 Å². The molecule has 0 N–H and O–H groups in total. The first-order chi connectivity index (χ1) is 13.0. The maximum atomic E-state index is 9.09. The van der Waals surface area contributed by atoms with Crippen molar-refractivity contribution in [1.29, 1.82) is 0 Å². The predicted molar refractivity (Wildman–Crippen MR) is 106 cm³/mol. The average molecular weight is 373 g/mol. The van der Waals surface area contributed by atoms with E-state index in [-0.39, 0.29) is 6.04 Å². The third-order valence-electron chi connectivity index (χ3n) is 4.58. The van der Waals surface area contributed by atoms with Crippen molar-refractivity contribution in [1.82, 2.24) is 0 Å². The van der Waals surface area contributed by atoms with Crippen LogP contribution in [0.25, 0.3) is 21.2 Å². The molecule has 0 aromatic heterocycles. The Morgan fingerprint density at radius 3 is 1.96 bits per heavy atom. The molecule has 0 aliphatic rings. The van der Waals surface area contributed by atoms with Crippen LogP contribution in [-0.4, -0.2) is 28.4 Å². The van der Waals surface area contributed by atoms with Crippen LogP contribution in [0.3, 0.4) is 0 Å². The molecule has 27 heavy (non-hydrogen) atoms. The summed E-state index contributed by atoms with van der Waals surface area (Å²) in [5, 5.41) is 5.51. The number of hydrogen-bond acceptors (Lipinski definition) is 5. The van der Waals surface area contributed by atoms with Gasteiger partial charge in [0.2, 0.25) is 0 Å². The quantitative estimate of drug-likeness (QED) is 0.322. The minimum atomic E-state index is -0.374. The molecule has 2 aromatic carbocycles. The molecule has 0 amide bonds. The standard InChI is InChI=1S/C20H27N3O4/c1-12(2)7-8-14(22-23-21)13-11-17(26-5)18-15(24-3)9-10-16(25-4)19(18)20(13)27-6/h9-12,14H,7-8H2,1-6H3. The van der Waals surface area contributed by atoms with Crippen molar-refractivity contribution >= 4 is 10.8 Å². The topological polar surface area (TPSA) is 85.7 Å². The van der Waals surface area contributed by atoms with Gasteiger partial charge in [0.05, 0.1) is 45.3 Å². The van der Waals surface area contributed by atoms with Crippen molar-refractivity contribution in [3.63, 3.8) is 0 Å². The van der Waals surface area contributed by atoms with Gasteiger partial charge < -0.3 is 18.9 Å². The van der Waals surface area contributed by atoms with Gasteiger partial charge in [0.1, 0.15) is 23.0 Å². The largest absolute Gasteiger partial charge is 0.496 e. The fraction of sp³-hybridized carbons (Fsp3) is 0.500. The van der Waals surface area contributed by atoms with E-state index in [4.69, 9.17) is 24.5 Å². The number of benzene rings is 2. The lowest BCUT2D eigenvalue weighted by Crippen LogP contribution is -2.04. The van der Waals surface area contributed by atoms with Crippen molar-refractivity contribution in [2.45, 2.75) is 32.7 Å². The lowest BCUT2D eigenvalue weighted by atomic mass is 9.94. The second-order valence-corrected chi connectivity index (χ2v) is 6.61. The van der Waals surface area contributed by atoms with E-state index >= 15 is 0 Å². The fourth-order valence-electron chi connectivity index (χ4n) is 3.26. The van der Waals surface area contributed by atoms with Gasteiger partial charge in [-0.2, -0.15) is 0 Å². The number of fused-ring (bicyclic) bond motifs is 1. The Labute approximate surface area is 159 Å². The highest BCUT2D eigenvalue weighted by Crippen LogP contribution is 2.48. The Kier molecular flexibility index (Phi) is 7.02. The van der Waals surface area contributed by atoms with E-state index in [1.165, 1.54) is 0 Å². The minimum Gasteiger partial charge on any atom is -0.496 e. The van der Waals surface area contributed by atoms with Crippen molar-refractivity contribution in [2.24, 2.45) is 11.0 Å². The summed E-state index contributed by atoms with van der Waals surface area (Å²) in [7, 11) is 6.40. The van der Waals surface area contributed by atoms with Crippen LogP contribution in [0.1, 0.15) is 38.3 Å². The fourth-order valence-corrected chi connectivity index (χ4v) is 3.26. The van der Waals surface area contributed by atoms with Gasteiger partial charge in [0.15, 0.2) is 0 Å². The summed E-state index contributed by atoms with van der Waals surface area (Å²) < 4.78 is 22.5. The molecule has 0 radical (unpaired) electrons. The van der Waals surface area contributed by atoms with E-state index in [0.717, 1.165) is 22.8 Å². The highest BCUT2D eigenvalue weighted by atomic mass is 16.5. The van der Waals surface area contributed by atoms with E-state index in [1.54, 1.807) is 28.4 Å². The first-order valence-electron chi connectivity index (χ1n) is 8.86. The lowest BCUT2D eigenvalue weighted by molar-refractivity contribution is 0.385. The van der Waals surface area contributed by atoms with Gasteiger partial charge in [-0.25, -0.2) is 0 Å². The van der Waals surface area contributed by atoms with Crippen LogP contribution >= 0.6 is 0 Å². The third kappa shape index (κ3) is 4.14. The number of rotatable bonds is 9. The van der Waals surface area contributed by atoms with Crippen LogP contribution in [0, 0.1) is 5.92 Å². The molecule has 0 aliphatic carbocycles. The molecule has 146 valence electrons. The van der Waals surface area contributed by atoms with Gasteiger partial charge >= 0.3 is 0 Å². The molecule has 1 unspecified atom stereocenters. The zero-order chi connectivity index (χ0) is 20.0. The summed E-state index contributed by atoms with van der Waals surface area (Å²) in [4.78, 5) is 3.05. The van der Waals surface area contributed by atoms with E-state index in [1.807, 2.05) is 18.2 Å². The maximum absolute atomic E-state index is 9.09. The lowest BCUT2D eigenvalue weighted by Gasteiger charge is -2.22. The Hall–Kier alpha value is -2.79. The Balaban J connectivity index is 2.85. The summed E-state index contributed by atoms with van der Waals surface area (Å²) in [5.41, 5.74) is 9.86. The summed E-state index contributed by atoms with van der Waals surface area (Å²) in [6.07, 6.45) is 1.63. The Bertz CT molecular complexity index is 845. The van der Waals surface area contributed by atoms with Gasteiger partial charge in [-0.05, 0) is 36.1 Å². The van der Waals surface area contributed by atoms with E-state index in [2.05, 4.69) is 23.9 Å². The summed E-state index contributed by atoms with van der Waals surface area (Å²) in [6.45, 7) is 4.28. The molecule has 1 atom stereocenters. The highest BCUT2D eigenvalue weighted by molar-refractivity contribution is 6.03. The molecule has 0 aliphatic heterocycles. The normalized spacial score (nSPS) is 11.8. The summed E-state index contributed by atoms with van der Waals surface area (Å²) >= 11 is 0. The second-order valence-electron chi connectivity index (χ2n) is 6.61. The van der Waals surface area contributed by atoms with Crippen LogP contribution in [-0.2, 0) is 0 Å². The van der Waals surface area contributed by atoms with Crippen LogP contribution in [0.4, 0.5) is 0 Å². The molecule has 0 bridgehead atoms. The monoisotopic (exact) mass is 373 g/mol. The molecule has 0 saturated heterocycles. The van der Waals surface area contributed by atoms with Crippen LogP contribution in [0.2, 0.25) is 0 Å². The molecule has 7 nitrogen and oxygen atoms in total. The number of nitrogens with zero attached hydrogens (tertiary/aromatic N) is 3. The molecule has 0 heterocycles. The summed E-state index contributed by atoms with van der Waals surface area (Å²) in [6, 6.07) is 5.14. The van der Waals surface area contributed by atoms with Crippen molar-refractivity contribution < 1.29 is 18.9 Å². The molecule has 0 spiro atoms. The Morgan fingerprint density at radius 2 is 1.48 bits per heavy atom. The number of hydrogen-bond donors (Lipinski definition) is 0. The number of ether oxygens (including phenoxy) is 4. The SMILES string of the molecule is COc1ccc(OC)c2c(OC)c(C(CCC(C)C)N=[N+]=[N-])cc(OC)c12. The molecule has 0 saturated carbocycles. The summed E-state index contributed by atoms with van der Waals surface area (Å²) in [5.74, 6) is 2.98. The van der Waals surface area contributed by atoms with Gasteiger partial charge in [0.25, 0.3) is 0 Å². The number of azide groups is 1. The molecular formula is C20H27N3O4. The molecule has 7 heteroatoms. The Morgan fingerprint density at radius 1 is 0.889 bits per heavy atom. The maximum Gasteiger partial charge on any atom is 0.134 e. The third-order valence-corrected chi connectivity index (χ3v) is 4.58. The molecule has 2 aromatic rings. The number of methoxy groups -OCH3 is 4. The second kappa shape index (κ2) is 9.24. The molecule has 0 fully saturated rings. The zero-order valence-corrected chi connectivity index (χ0v) is 16.8. The zero-order valence-electron chi connectivity index (χ0n) is 16.8. The minimum absolute atomic E-state index is 0.374. The predicted octanol–water partition coefficient (Wildman–Crippen LogP) is 5.66. The van der Waals surface area contributed by atoms with Crippen LogP contribution in [0.15, 0.2) is 23.3 Å². The molecular weight excluding hydrogens is 346 g/mol. The van der Waals surface area contributed by atoms with E-state index in [9.17, 15) is 0 Å². The van der Waals surface area contributed by atoms with Gasteiger partial charge in [-0.3, -0.25) is 0 Å². The van der Waals surface area contributed by atoms with Crippen molar-refractivity contribution in [3.05, 3.63) is 34.2 Å². The first-order valence-corrected chi connectivity index (χ1v) is 8.86. The van der Waals surface area contributed by atoms with E-state index < -0.39 is 0 Å². The van der Waals surface area contributed by atoms with Crippen molar-refractivity contribution in [3.8, 4) is 23.0 Å². The van der Waals surface area contributed by atoms with E-state index in [0.29, 0.717) is 35.3 Å². The van der Waals surface area contributed by atoms with Gasteiger partial charge in [-0.1, -0.05) is 25.4 Å². The first kappa shape index (κ1) is 20.5. The van der Waals surface area contributed by atoms with Crippen molar-refractivity contribution in [2.75, 3.05) is 28.4 Å². The smallest absolute Gasteiger partial charge is 0.134 e. The average Bonchev–Trinajstić information content (AvgIpc) is 2.68. The molecule has 2 rings (SSSR count). The van der Waals surface area contributed by atoms with Crippen LogP contribution in [0.5, 0.6) is 23.0 Å². The highest BCUT2D eigenvalue weighted by Gasteiger charge is 2.24. The van der Waals surface area contributed by atoms with Gasteiger partial charge in [-0.15, -0.1) is 0 Å².